The van der Waals surface area contributed by atoms with Crippen LogP contribution in [0.4, 0.5) is 0 Å². The number of benzene rings is 1. The Morgan fingerprint density at radius 3 is 2.71 bits per heavy atom. The number of carbonyl (C=O) groups excluding carboxylic acids is 1. The Labute approximate surface area is 106 Å². The lowest BCUT2D eigenvalue weighted by molar-refractivity contribution is 0.111. The molecule has 0 amide bonds. The molecule has 6 heteroatoms. The van der Waals surface area contributed by atoms with E-state index in [1.165, 1.54) is 4.68 Å². The molecule has 0 saturated carbocycles. The molecule has 0 N–H and O–H groups in total. The molecule has 1 heterocycles. The molecule has 0 spiro atoms. The molecular weight excluding hydrogens is 284 g/mol. The van der Waals surface area contributed by atoms with E-state index in [9.17, 15) is 4.79 Å². The van der Waals surface area contributed by atoms with Crippen molar-refractivity contribution < 1.29 is 4.79 Å². The second-order valence-electron chi connectivity index (χ2n) is 3.26. The van der Waals surface area contributed by atoms with Crippen molar-refractivity contribution >= 4 is 22.2 Å². The van der Waals surface area contributed by atoms with Gasteiger partial charge in [0.05, 0.1) is 6.07 Å². The number of hydrogen-bond donors (Lipinski definition) is 0. The third kappa shape index (κ3) is 2.24. The van der Waals surface area contributed by atoms with E-state index < -0.39 is 0 Å². The number of nitriles is 1. The number of halogens is 1. The van der Waals surface area contributed by atoms with Gasteiger partial charge in [0.1, 0.15) is 12.2 Å². The van der Waals surface area contributed by atoms with Gasteiger partial charge >= 0.3 is 0 Å². The third-order valence-corrected chi connectivity index (χ3v) is 2.74. The van der Waals surface area contributed by atoms with Crippen LogP contribution in [-0.2, 0) is 6.54 Å². The van der Waals surface area contributed by atoms with E-state index in [0.717, 1.165) is 10.0 Å². The summed E-state index contributed by atoms with van der Waals surface area (Å²) >= 11 is 3.33. The largest absolute Gasteiger partial charge is 0.296 e. The standard InChI is InChI=1S/C11H7BrN4O/c12-9-3-1-8(2-4-9)11-10(7-17)14-15-16(11)6-5-13/h1-4,7H,6H2. The van der Waals surface area contributed by atoms with Gasteiger partial charge in [-0.1, -0.05) is 33.3 Å². The molecule has 0 unspecified atom stereocenters. The SMILES string of the molecule is N#CCn1nnc(C=O)c1-c1ccc(Br)cc1. The van der Waals surface area contributed by atoms with Crippen LogP contribution in [0.25, 0.3) is 11.3 Å². The van der Waals surface area contributed by atoms with E-state index in [1.807, 2.05) is 30.3 Å². The Morgan fingerprint density at radius 1 is 1.41 bits per heavy atom. The van der Waals surface area contributed by atoms with Gasteiger partial charge in [-0.3, -0.25) is 4.79 Å². The van der Waals surface area contributed by atoms with Gasteiger partial charge in [-0.2, -0.15) is 5.26 Å². The molecule has 84 valence electrons. The average Bonchev–Trinajstić information content (AvgIpc) is 2.74. The Kier molecular flexibility index (Phi) is 3.30. The third-order valence-electron chi connectivity index (χ3n) is 2.21. The predicted octanol–water partition coefficient (Wildman–Crippen LogP) is 2.04. The van der Waals surface area contributed by atoms with Gasteiger partial charge in [0.2, 0.25) is 0 Å². The predicted molar refractivity (Wildman–Crippen MR) is 64.2 cm³/mol. The highest BCUT2D eigenvalue weighted by molar-refractivity contribution is 9.10. The second kappa shape index (κ2) is 4.89. The summed E-state index contributed by atoms with van der Waals surface area (Å²) in [6, 6.07) is 9.36. The minimum Gasteiger partial charge on any atom is -0.296 e. The summed E-state index contributed by atoms with van der Waals surface area (Å²) in [5, 5.41) is 16.2. The fourth-order valence-corrected chi connectivity index (χ4v) is 1.75. The van der Waals surface area contributed by atoms with E-state index in [4.69, 9.17) is 5.26 Å². The van der Waals surface area contributed by atoms with E-state index in [0.29, 0.717) is 12.0 Å². The highest BCUT2D eigenvalue weighted by atomic mass is 79.9. The van der Waals surface area contributed by atoms with E-state index in [-0.39, 0.29) is 12.2 Å². The summed E-state index contributed by atoms with van der Waals surface area (Å²) in [4.78, 5) is 10.9. The van der Waals surface area contributed by atoms with Gasteiger partial charge in [0, 0.05) is 10.0 Å². The summed E-state index contributed by atoms with van der Waals surface area (Å²) in [5.41, 5.74) is 1.60. The molecule has 0 atom stereocenters. The topological polar surface area (TPSA) is 71.6 Å². The van der Waals surface area contributed by atoms with Gasteiger partial charge in [-0.05, 0) is 12.1 Å². The minimum absolute atomic E-state index is 0.0617. The number of aldehydes is 1. The second-order valence-corrected chi connectivity index (χ2v) is 4.18. The Balaban J connectivity index is 2.56. The molecule has 1 aromatic heterocycles. The number of nitrogens with zero attached hydrogens (tertiary/aromatic N) is 4. The molecular formula is C11H7BrN4O. The number of hydrogen-bond acceptors (Lipinski definition) is 4. The van der Waals surface area contributed by atoms with Crippen LogP contribution in [-0.4, -0.2) is 21.3 Å². The summed E-state index contributed by atoms with van der Waals surface area (Å²) in [6.45, 7) is 0.0617. The first-order valence-corrected chi connectivity index (χ1v) is 5.57. The van der Waals surface area contributed by atoms with Crippen LogP contribution in [0, 0.1) is 11.3 Å². The smallest absolute Gasteiger partial charge is 0.172 e. The zero-order chi connectivity index (χ0) is 12.3. The summed E-state index contributed by atoms with van der Waals surface area (Å²) in [7, 11) is 0. The highest BCUT2D eigenvalue weighted by Crippen LogP contribution is 2.23. The van der Waals surface area contributed by atoms with Crippen molar-refractivity contribution in [1.29, 1.82) is 5.26 Å². The first-order chi connectivity index (χ1) is 8.26. The Hall–Kier alpha value is -2.00. The van der Waals surface area contributed by atoms with E-state index >= 15 is 0 Å². The Morgan fingerprint density at radius 2 is 2.12 bits per heavy atom. The van der Waals surface area contributed by atoms with E-state index in [1.54, 1.807) is 0 Å². The van der Waals surface area contributed by atoms with Crippen LogP contribution < -0.4 is 0 Å². The molecule has 2 aromatic rings. The molecule has 0 saturated heterocycles. The van der Waals surface area contributed by atoms with Gasteiger partial charge < -0.3 is 0 Å². The van der Waals surface area contributed by atoms with Gasteiger partial charge in [0.25, 0.3) is 0 Å². The van der Waals surface area contributed by atoms with Crippen molar-refractivity contribution in [2.75, 3.05) is 0 Å². The fraction of sp³-hybridized carbons (Fsp3) is 0.0909. The monoisotopic (exact) mass is 290 g/mol. The van der Waals surface area contributed by atoms with Crippen LogP contribution in [0.1, 0.15) is 10.5 Å². The van der Waals surface area contributed by atoms with E-state index in [2.05, 4.69) is 26.2 Å². The molecule has 0 bridgehead atoms. The zero-order valence-electron chi connectivity index (χ0n) is 8.67. The maximum absolute atomic E-state index is 10.9. The minimum atomic E-state index is 0.0617. The zero-order valence-corrected chi connectivity index (χ0v) is 10.3. The molecule has 17 heavy (non-hydrogen) atoms. The maximum atomic E-state index is 10.9. The summed E-state index contributed by atoms with van der Waals surface area (Å²) in [5.74, 6) is 0. The van der Waals surface area contributed by atoms with Crippen LogP contribution in [0.15, 0.2) is 28.7 Å². The lowest BCUT2D eigenvalue weighted by Crippen LogP contribution is -2.01. The highest BCUT2D eigenvalue weighted by Gasteiger charge is 2.13. The van der Waals surface area contributed by atoms with Crippen molar-refractivity contribution in [2.45, 2.75) is 6.54 Å². The first-order valence-electron chi connectivity index (χ1n) is 4.78. The normalized spacial score (nSPS) is 9.88. The van der Waals surface area contributed by atoms with Gasteiger partial charge in [0.15, 0.2) is 12.0 Å². The van der Waals surface area contributed by atoms with Crippen molar-refractivity contribution in [2.24, 2.45) is 0 Å². The van der Waals surface area contributed by atoms with Crippen LogP contribution in [0.5, 0.6) is 0 Å². The quantitative estimate of drug-likeness (QED) is 0.811. The van der Waals surface area contributed by atoms with Crippen LogP contribution in [0.2, 0.25) is 0 Å². The summed E-state index contributed by atoms with van der Waals surface area (Å²) in [6.07, 6.45) is 0.637. The number of aromatic nitrogens is 3. The first kappa shape index (κ1) is 11.5. The lowest BCUT2D eigenvalue weighted by Gasteiger charge is -2.03. The summed E-state index contributed by atoms with van der Waals surface area (Å²) < 4.78 is 2.35. The molecule has 0 radical (unpaired) electrons. The fourth-order valence-electron chi connectivity index (χ4n) is 1.49. The van der Waals surface area contributed by atoms with Crippen molar-refractivity contribution in [1.82, 2.24) is 15.0 Å². The molecule has 5 nitrogen and oxygen atoms in total. The number of rotatable bonds is 3. The number of carbonyl (C=O) groups is 1. The van der Waals surface area contributed by atoms with Gasteiger partial charge in [-0.25, -0.2) is 4.68 Å². The van der Waals surface area contributed by atoms with Crippen LogP contribution >= 0.6 is 15.9 Å². The van der Waals surface area contributed by atoms with Crippen molar-refractivity contribution in [3.63, 3.8) is 0 Å². The molecule has 1 aromatic carbocycles. The van der Waals surface area contributed by atoms with Gasteiger partial charge in [-0.15, -0.1) is 5.10 Å². The van der Waals surface area contributed by atoms with Crippen molar-refractivity contribution in [3.05, 3.63) is 34.4 Å². The average molecular weight is 291 g/mol. The molecule has 0 aliphatic heterocycles. The lowest BCUT2D eigenvalue weighted by atomic mass is 10.1. The van der Waals surface area contributed by atoms with Crippen molar-refractivity contribution in [3.8, 4) is 17.3 Å². The van der Waals surface area contributed by atoms with Crippen LogP contribution in [0.3, 0.4) is 0 Å². The molecule has 0 fully saturated rings. The molecule has 2 rings (SSSR count). The molecule has 0 aliphatic carbocycles. The maximum Gasteiger partial charge on any atom is 0.172 e. The Bertz CT molecular complexity index is 583. The molecule has 0 aliphatic rings.